The van der Waals surface area contributed by atoms with Crippen LogP contribution in [-0.2, 0) is 16.1 Å². The number of Topliss-reactive ketones (excluding diaryl/α,β-unsaturated/α-hetero) is 1. The Labute approximate surface area is 218 Å². The molecular weight excluding hydrogens is 466 g/mol. The first-order valence-electron chi connectivity index (χ1n) is 12.8. The largest absolute Gasteiger partial charge is 0.507 e. The van der Waals surface area contributed by atoms with Gasteiger partial charge in [0.2, 0.25) is 0 Å². The molecule has 1 aliphatic rings. The average Bonchev–Trinajstić information content (AvgIpc) is 3.17. The lowest BCUT2D eigenvalue weighted by Crippen LogP contribution is -2.29. The molecule has 0 spiro atoms. The highest BCUT2D eigenvalue weighted by Gasteiger charge is 2.46. The third-order valence-electron chi connectivity index (χ3n) is 6.37. The summed E-state index contributed by atoms with van der Waals surface area (Å²) in [5, 5.41) is 11.3. The highest BCUT2D eigenvalue weighted by molar-refractivity contribution is 6.46. The van der Waals surface area contributed by atoms with Crippen LogP contribution in [0.3, 0.4) is 0 Å². The molecule has 0 saturated carbocycles. The molecule has 0 aromatic heterocycles. The molecule has 1 unspecified atom stereocenters. The standard InChI is InChI=1S/C31H33NO5/c1-3-5-9-19-37-25-17-15-23(16-18-25)28-27(29(33)24-13-10-14-26(20-24)36-4-2)30(34)31(35)32(28)21-22-11-7-6-8-12-22/h6-8,10-18,20,28,33H,3-5,9,19,21H2,1-2H3. The molecule has 37 heavy (non-hydrogen) atoms. The van der Waals surface area contributed by atoms with Crippen molar-refractivity contribution in [1.29, 1.82) is 0 Å². The Bertz CT molecular complexity index is 1250. The van der Waals surface area contributed by atoms with E-state index in [2.05, 4.69) is 6.92 Å². The van der Waals surface area contributed by atoms with Gasteiger partial charge in [0.05, 0.1) is 24.8 Å². The first-order valence-corrected chi connectivity index (χ1v) is 12.8. The van der Waals surface area contributed by atoms with E-state index >= 15 is 0 Å². The second-order valence-electron chi connectivity index (χ2n) is 9.00. The van der Waals surface area contributed by atoms with Crippen LogP contribution >= 0.6 is 0 Å². The normalized spacial score (nSPS) is 16.7. The van der Waals surface area contributed by atoms with E-state index in [9.17, 15) is 14.7 Å². The summed E-state index contributed by atoms with van der Waals surface area (Å²) in [5.74, 6) is -0.271. The van der Waals surface area contributed by atoms with Crippen LogP contribution < -0.4 is 9.47 Å². The lowest BCUT2D eigenvalue weighted by molar-refractivity contribution is -0.140. The number of carbonyl (C=O) groups excluding carboxylic acids is 2. The Kier molecular flexibility index (Phi) is 8.62. The van der Waals surface area contributed by atoms with Gasteiger partial charge in [-0.2, -0.15) is 0 Å². The Morgan fingerprint density at radius 2 is 1.62 bits per heavy atom. The van der Waals surface area contributed by atoms with E-state index in [0.717, 1.165) is 36.1 Å². The van der Waals surface area contributed by atoms with Crippen LogP contribution in [0.15, 0.2) is 84.4 Å². The predicted octanol–water partition coefficient (Wildman–Crippen LogP) is 6.28. The van der Waals surface area contributed by atoms with Gasteiger partial charge in [0.1, 0.15) is 17.3 Å². The molecule has 1 fully saturated rings. The molecule has 1 amide bonds. The highest BCUT2D eigenvalue weighted by atomic mass is 16.5. The number of aliphatic hydroxyl groups excluding tert-OH is 1. The van der Waals surface area contributed by atoms with Crippen LogP contribution in [0, 0.1) is 0 Å². The maximum atomic E-state index is 13.3. The van der Waals surface area contributed by atoms with Crippen molar-refractivity contribution in [1.82, 2.24) is 4.90 Å². The molecule has 0 aliphatic carbocycles. The molecule has 3 aromatic carbocycles. The minimum absolute atomic E-state index is 0.0613. The summed E-state index contributed by atoms with van der Waals surface area (Å²) in [7, 11) is 0. The van der Waals surface area contributed by atoms with E-state index in [1.165, 1.54) is 4.90 Å². The van der Waals surface area contributed by atoms with Gasteiger partial charge in [0.15, 0.2) is 0 Å². The van der Waals surface area contributed by atoms with Crippen LogP contribution in [0.1, 0.15) is 55.8 Å². The Balaban J connectivity index is 1.73. The summed E-state index contributed by atoms with van der Waals surface area (Å²) in [6, 6.07) is 23.1. The molecule has 6 heteroatoms. The zero-order valence-corrected chi connectivity index (χ0v) is 21.4. The predicted molar refractivity (Wildman–Crippen MR) is 143 cm³/mol. The Morgan fingerprint density at radius 3 is 2.32 bits per heavy atom. The van der Waals surface area contributed by atoms with Crippen LogP contribution in [0.4, 0.5) is 0 Å². The number of unbranched alkanes of at least 4 members (excludes halogenated alkanes) is 2. The van der Waals surface area contributed by atoms with Crippen LogP contribution in [0.25, 0.3) is 5.76 Å². The second kappa shape index (κ2) is 12.3. The SMILES string of the molecule is CCCCCOc1ccc(C2C(=C(O)c3cccc(OCC)c3)C(=O)C(=O)N2Cc2ccccc2)cc1. The molecule has 1 heterocycles. The number of likely N-dealkylation sites (tertiary alicyclic amines) is 1. The quantitative estimate of drug-likeness (QED) is 0.146. The van der Waals surface area contributed by atoms with E-state index in [0.29, 0.717) is 24.5 Å². The van der Waals surface area contributed by atoms with Gasteiger partial charge in [-0.3, -0.25) is 9.59 Å². The van der Waals surface area contributed by atoms with Crippen molar-refractivity contribution in [2.75, 3.05) is 13.2 Å². The number of nitrogens with zero attached hydrogens (tertiary/aromatic N) is 1. The summed E-state index contributed by atoms with van der Waals surface area (Å²) in [6.07, 6.45) is 3.21. The number of benzene rings is 3. The number of carbonyl (C=O) groups is 2. The zero-order chi connectivity index (χ0) is 26.2. The molecule has 0 radical (unpaired) electrons. The highest BCUT2D eigenvalue weighted by Crippen LogP contribution is 2.41. The first kappa shape index (κ1) is 26.0. The van der Waals surface area contributed by atoms with Crippen LogP contribution in [0.5, 0.6) is 11.5 Å². The summed E-state index contributed by atoms with van der Waals surface area (Å²) in [5.41, 5.74) is 2.10. The minimum atomic E-state index is -0.745. The Hall–Kier alpha value is -4.06. The summed E-state index contributed by atoms with van der Waals surface area (Å²) in [6.45, 7) is 5.36. The van der Waals surface area contributed by atoms with Crippen LogP contribution in [-0.4, -0.2) is 34.9 Å². The van der Waals surface area contributed by atoms with Gasteiger partial charge in [0.25, 0.3) is 11.7 Å². The molecule has 6 nitrogen and oxygen atoms in total. The number of aliphatic hydroxyl groups is 1. The fourth-order valence-corrected chi connectivity index (χ4v) is 4.51. The van der Waals surface area contributed by atoms with Crippen molar-refractivity contribution in [2.45, 2.75) is 45.7 Å². The molecule has 1 atom stereocenters. The van der Waals surface area contributed by atoms with Crippen molar-refractivity contribution in [2.24, 2.45) is 0 Å². The lowest BCUT2D eigenvalue weighted by Gasteiger charge is -2.25. The molecule has 3 aromatic rings. The van der Waals surface area contributed by atoms with Gasteiger partial charge in [-0.1, -0.05) is 74.4 Å². The maximum absolute atomic E-state index is 13.3. The van der Waals surface area contributed by atoms with Crippen LogP contribution in [0.2, 0.25) is 0 Å². The van der Waals surface area contributed by atoms with E-state index in [1.54, 1.807) is 24.3 Å². The molecular formula is C31H33NO5. The summed E-state index contributed by atoms with van der Waals surface area (Å²) in [4.78, 5) is 28.1. The smallest absolute Gasteiger partial charge is 0.295 e. The van der Waals surface area contributed by atoms with Crippen molar-refractivity contribution < 1.29 is 24.2 Å². The molecule has 1 saturated heterocycles. The molecule has 1 aliphatic heterocycles. The van der Waals surface area contributed by atoms with Gasteiger partial charge in [-0.15, -0.1) is 0 Å². The van der Waals surface area contributed by atoms with Gasteiger partial charge >= 0.3 is 0 Å². The van der Waals surface area contributed by atoms with E-state index in [4.69, 9.17) is 9.47 Å². The molecule has 192 valence electrons. The fraction of sp³-hybridized carbons (Fsp3) is 0.290. The maximum Gasteiger partial charge on any atom is 0.295 e. The third-order valence-corrected chi connectivity index (χ3v) is 6.37. The summed E-state index contributed by atoms with van der Waals surface area (Å²) < 4.78 is 11.4. The van der Waals surface area contributed by atoms with Crippen molar-refractivity contribution in [3.05, 3.63) is 101 Å². The van der Waals surface area contributed by atoms with E-state index < -0.39 is 17.7 Å². The monoisotopic (exact) mass is 499 g/mol. The van der Waals surface area contributed by atoms with Crippen molar-refractivity contribution in [3.8, 4) is 11.5 Å². The minimum Gasteiger partial charge on any atom is -0.507 e. The first-order chi connectivity index (χ1) is 18.0. The van der Waals surface area contributed by atoms with Gasteiger partial charge < -0.3 is 19.5 Å². The zero-order valence-electron chi connectivity index (χ0n) is 21.4. The van der Waals surface area contributed by atoms with Crippen molar-refractivity contribution >= 4 is 17.4 Å². The van der Waals surface area contributed by atoms with Gasteiger partial charge in [-0.25, -0.2) is 0 Å². The third kappa shape index (κ3) is 6.02. The second-order valence-corrected chi connectivity index (χ2v) is 9.00. The van der Waals surface area contributed by atoms with Crippen molar-refractivity contribution in [3.63, 3.8) is 0 Å². The van der Waals surface area contributed by atoms with E-state index in [1.807, 2.05) is 61.5 Å². The lowest BCUT2D eigenvalue weighted by atomic mass is 9.95. The number of ketones is 1. The molecule has 1 N–H and O–H groups in total. The number of ether oxygens (including phenoxy) is 2. The van der Waals surface area contributed by atoms with Gasteiger partial charge in [0, 0.05) is 12.1 Å². The van der Waals surface area contributed by atoms with Gasteiger partial charge in [-0.05, 0) is 48.7 Å². The number of hydrogen-bond donors (Lipinski definition) is 1. The molecule has 4 rings (SSSR count). The average molecular weight is 500 g/mol. The number of hydrogen-bond acceptors (Lipinski definition) is 5. The number of amides is 1. The number of rotatable bonds is 11. The Morgan fingerprint density at radius 1 is 0.865 bits per heavy atom. The fourth-order valence-electron chi connectivity index (χ4n) is 4.51. The van der Waals surface area contributed by atoms with E-state index in [-0.39, 0.29) is 17.9 Å². The summed E-state index contributed by atoms with van der Waals surface area (Å²) >= 11 is 0. The topological polar surface area (TPSA) is 76.1 Å². The molecule has 0 bridgehead atoms.